The normalized spacial score (nSPS) is 12.4. The highest BCUT2D eigenvalue weighted by Gasteiger charge is 2.09. The molecular formula is C12H13BrN2S. The van der Waals surface area contributed by atoms with E-state index in [4.69, 9.17) is 0 Å². The van der Waals surface area contributed by atoms with Crippen molar-refractivity contribution in [3.63, 3.8) is 0 Å². The fourth-order valence-electron chi connectivity index (χ4n) is 1.51. The van der Waals surface area contributed by atoms with Crippen LogP contribution in [0, 0.1) is 6.92 Å². The van der Waals surface area contributed by atoms with Gasteiger partial charge in [0.05, 0.1) is 11.6 Å². The maximum atomic E-state index is 4.09. The molecule has 0 bridgehead atoms. The van der Waals surface area contributed by atoms with Gasteiger partial charge in [0.15, 0.2) is 0 Å². The van der Waals surface area contributed by atoms with Crippen LogP contribution in [-0.4, -0.2) is 4.98 Å². The van der Waals surface area contributed by atoms with Crippen molar-refractivity contribution < 1.29 is 0 Å². The average molecular weight is 297 g/mol. The Morgan fingerprint density at radius 3 is 2.94 bits per heavy atom. The largest absolute Gasteiger partial charge is 0.377 e. The first-order valence-corrected chi connectivity index (χ1v) is 6.76. The number of nitrogens with zero attached hydrogens (tertiary/aromatic N) is 1. The van der Waals surface area contributed by atoms with Crippen molar-refractivity contribution in [2.45, 2.75) is 19.9 Å². The topological polar surface area (TPSA) is 24.9 Å². The molecule has 1 unspecified atom stereocenters. The highest BCUT2D eigenvalue weighted by molar-refractivity contribution is 9.10. The molecule has 84 valence electrons. The number of hydrogen-bond acceptors (Lipinski definition) is 3. The molecule has 0 saturated carbocycles. The Kier molecular flexibility index (Phi) is 3.61. The van der Waals surface area contributed by atoms with Gasteiger partial charge in [-0.05, 0) is 31.5 Å². The molecule has 0 fully saturated rings. The van der Waals surface area contributed by atoms with E-state index in [1.165, 1.54) is 10.4 Å². The molecule has 2 rings (SSSR count). The maximum absolute atomic E-state index is 4.09. The minimum Gasteiger partial charge on any atom is -0.377 e. The number of nitrogens with one attached hydrogen (secondary N) is 1. The molecule has 2 aromatic rings. The number of halogens is 1. The first-order chi connectivity index (χ1) is 7.68. The summed E-state index contributed by atoms with van der Waals surface area (Å²) >= 11 is 5.21. The number of rotatable bonds is 3. The van der Waals surface area contributed by atoms with Crippen LogP contribution in [-0.2, 0) is 0 Å². The van der Waals surface area contributed by atoms with Crippen LogP contribution in [0.4, 0.5) is 5.69 Å². The van der Waals surface area contributed by atoms with E-state index in [1.54, 1.807) is 11.3 Å². The van der Waals surface area contributed by atoms with Crippen LogP contribution < -0.4 is 5.32 Å². The average Bonchev–Trinajstić information content (AvgIpc) is 2.78. The summed E-state index contributed by atoms with van der Waals surface area (Å²) in [6, 6.07) is 6.48. The molecule has 0 amide bonds. The molecule has 0 radical (unpaired) electrons. The number of thiazole rings is 1. The van der Waals surface area contributed by atoms with Crippen LogP contribution in [0.2, 0.25) is 0 Å². The maximum Gasteiger partial charge on any atom is 0.0795 e. The number of aromatic nitrogens is 1. The van der Waals surface area contributed by atoms with Crippen molar-refractivity contribution in [3.8, 4) is 0 Å². The second-order valence-corrected chi connectivity index (χ2v) is 5.45. The van der Waals surface area contributed by atoms with Crippen LogP contribution in [0.25, 0.3) is 0 Å². The Morgan fingerprint density at radius 1 is 1.44 bits per heavy atom. The van der Waals surface area contributed by atoms with Crippen molar-refractivity contribution in [1.29, 1.82) is 0 Å². The molecule has 0 aliphatic carbocycles. The predicted octanol–water partition coefficient (Wildman–Crippen LogP) is 4.39. The molecule has 1 N–H and O–H groups in total. The molecule has 4 heteroatoms. The fourth-order valence-corrected chi connectivity index (χ4v) is 2.50. The summed E-state index contributed by atoms with van der Waals surface area (Å²) in [5, 5.41) is 3.49. The van der Waals surface area contributed by atoms with Crippen molar-refractivity contribution >= 4 is 33.0 Å². The van der Waals surface area contributed by atoms with Crippen LogP contribution in [0.15, 0.2) is 34.4 Å². The Bertz CT molecular complexity index is 468. The highest BCUT2D eigenvalue weighted by Crippen LogP contribution is 2.27. The van der Waals surface area contributed by atoms with Crippen molar-refractivity contribution in [3.05, 3.63) is 44.8 Å². The molecule has 0 saturated heterocycles. The summed E-state index contributed by atoms with van der Waals surface area (Å²) in [5.41, 5.74) is 4.26. The monoisotopic (exact) mass is 296 g/mol. The van der Waals surface area contributed by atoms with Gasteiger partial charge in [-0.15, -0.1) is 11.3 Å². The quantitative estimate of drug-likeness (QED) is 0.909. The lowest BCUT2D eigenvalue weighted by atomic mass is 10.2. The van der Waals surface area contributed by atoms with Gasteiger partial charge in [-0.2, -0.15) is 0 Å². The summed E-state index contributed by atoms with van der Waals surface area (Å²) in [6.07, 6.45) is 1.91. The van der Waals surface area contributed by atoms with E-state index in [-0.39, 0.29) is 0 Å². The third-order valence-corrected chi connectivity index (χ3v) is 4.34. The second-order valence-electron chi connectivity index (χ2n) is 3.68. The van der Waals surface area contributed by atoms with Gasteiger partial charge in [0.2, 0.25) is 0 Å². The first-order valence-electron chi connectivity index (χ1n) is 5.08. The lowest BCUT2D eigenvalue weighted by molar-refractivity contribution is 0.901. The van der Waals surface area contributed by atoms with Crippen LogP contribution in [0.3, 0.4) is 0 Å². The third-order valence-electron chi connectivity index (χ3n) is 2.52. The van der Waals surface area contributed by atoms with Gasteiger partial charge >= 0.3 is 0 Å². The van der Waals surface area contributed by atoms with Crippen molar-refractivity contribution in [1.82, 2.24) is 4.98 Å². The van der Waals surface area contributed by atoms with Gasteiger partial charge in [0.1, 0.15) is 0 Å². The lowest BCUT2D eigenvalue weighted by Gasteiger charge is -2.16. The Morgan fingerprint density at radius 2 is 2.25 bits per heavy atom. The predicted molar refractivity (Wildman–Crippen MR) is 73.0 cm³/mol. The summed E-state index contributed by atoms with van der Waals surface area (Å²) in [7, 11) is 0. The Labute approximate surface area is 108 Å². The fraction of sp³-hybridized carbons (Fsp3) is 0.250. The molecule has 1 atom stereocenters. The van der Waals surface area contributed by atoms with Crippen molar-refractivity contribution in [2.75, 3.05) is 5.32 Å². The molecule has 2 nitrogen and oxygen atoms in total. The molecule has 0 spiro atoms. The van der Waals surface area contributed by atoms with Gasteiger partial charge in [-0.25, -0.2) is 0 Å². The van der Waals surface area contributed by atoms with Crippen LogP contribution >= 0.6 is 27.3 Å². The van der Waals surface area contributed by atoms with Crippen LogP contribution in [0.5, 0.6) is 0 Å². The number of anilines is 1. The first kappa shape index (κ1) is 11.6. The SMILES string of the molecule is Cc1c(Br)cccc1NC(C)c1cncs1. The lowest BCUT2D eigenvalue weighted by Crippen LogP contribution is -2.06. The summed E-state index contributed by atoms with van der Waals surface area (Å²) < 4.78 is 1.13. The summed E-state index contributed by atoms with van der Waals surface area (Å²) in [5.74, 6) is 0. The van der Waals surface area contributed by atoms with E-state index >= 15 is 0 Å². The van der Waals surface area contributed by atoms with E-state index in [2.05, 4.69) is 52.2 Å². The number of hydrogen-bond donors (Lipinski definition) is 1. The van der Waals surface area contributed by atoms with E-state index in [0.29, 0.717) is 6.04 Å². The van der Waals surface area contributed by atoms with Gasteiger partial charge in [-0.3, -0.25) is 4.98 Å². The molecule has 1 heterocycles. The summed E-state index contributed by atoms with van der Waals surface area (Å²) in [6.45, 7) is 4.25. The van der Waals surface area contributed by atoms with E-state index in [9.17, 15) is 0 Å². The number of benzene rings is 1. The molecule has 1 aromatic heterocycles. The zero-order chi connectivity index (χ0) is 11.5. The van der Waals surface area contributed by atoms with Gasteiger partial charge in [0.25, 0.3) is 0 Å². The molecule has 1 aromatic carbocycles. The van der Waals surface area contributed by atoms with E-state index in [0.717, 1.165) is 10.2 Å². The van der Waals surface area contributed by atoms with E-state index < -0.39 is 0 Å². The zero-order valence-electron chi connectivity index (χ0n) is 9.20. The Balaban J connectivity index is 2.18. The smallest absolute Gasteiger partial charge is 0.0795 e. The van der Waals surface area contributed by atoms with Gasteiger partial charge in [-0.1, -0.05) is 22.0 Å². The van der Waals surface area contributed by atoms with Gasteiger partial charge in [0, 0.05) is 21.2 Å². The molecule has 0 aliphatic rings. The minimum absolute atomic E-state index is 0.292. The second kappa shape index (κ2) is 4.97. The van der Waals surface area contributed by atoms with Gasteiger partial charge < -0.3 is 5.32 Å². The molecule has 0 aliphatic heterocycles. The zero-order valence-corrected chi connectivity index (χ0v) is 11.6. The van der Waals surface area contributed by atoms with Crippen LogP contribution in [0.1, 0.15) is 23.4 Å². The van der Waals surface area contributed by atoms with Crippen molar-refractivity contribution in [2.24, 2.45) is 0 Å². The third kappa shape index (κ3) is 2.44. The minimum atomic E-state index is 0.292. The summed E-state index contributed by atoms with van der Waals surface area (Å²) in [4.78, 5) is 5.34. The molecular weight excluding hydrogens is 284 g/mol. The Hall–Kier alpha value is -0.870. The standard InChI is InChI=1S/C12H13BrN2S/c1-8-10(13)4-3-5-11(8)15-9(2)12-6-14-7-16-12/h3-7,9,15H,1-2H3. The molecule has 16 heavy (non-hydrogen) atoms. The highest BCUT2D eigenvalue weighted by atomic mass is 79.9. The van der Waals surface area contributed by atoms with E-state index in [1.807, 2.05) is 17.8 Å².